The van der Waals surface area contributed by atoms with Crippen LogP contribution in [-0.4, -0.2) is 25.9 Å². The third-order valence-corrected chi connectivity index (χ3v) is 3.91. The molecule has 0 radical (unpaired) electrons. The molecule has 0 spiro atoms. The van der Waals surface area contributed by atoms with Gasteiger partial charge in [-0.25, -0.2) is 4.98 Å². The zero-order chi connectivity index (χ0) is 12.1. The van der Waals surface area contributed by atoms with E-state index in [1.54, 1.807) is 6.20 Å². The average Bonchev–Trinajstić information content (AvgIpc) is 2.64. The molecule has 1 rings (SSSR count). The number of thioether (sulfide) groups is 1. The van der Waals surface area contributed by atoms with E-state index in [0.717, 1.165) is 12.4 Å². The zero-order valence-corrected chi connectivity index (χ0v) is 10.7. The number of carboxylic acids is 1. The fraction of sp³-hybridized carbons (Fsp3) is 0.636. The van der Waals surface area contributed by atoms with Gasteiger partial charge in [0.05, 0.1) is 5.75 Å². The molecule has 16 heavy (non-hydrogen) atoms. The minimum absolute atomic E-state index is 0.132. The summed E-state index contributed by atoms with van der Waals surface area (Å²) in [7, 11) is 0. The van der Waals surface area contributed by atoms with Crippen LogP contribution in [0.25, 0.3) is 0 Å². The molecule has 0 fully saturated rings. The Labute approximate surface area is 100 Å². The molecule has 1 N–H and O–H groups in total. The van der Waals surface area contributed by atoms with Gasteiger partial charge in [0.25, 0.3) is 0 Å². The smallest absolute Gasteiger partial charge is 0.316 e. The molecule has 0 saturated heterocycles. The van der Waals surface area contributed by atoms with Gasteiger partial charge in [-0.15, -0.1) is 11.8 Å². The summed E-state index contributed by atoms with van der Waals surface area (Å²) in [6.07, 6.45) is 3.67. The molecule has 90 valence electrons. The van der Waals surface area contributed by atoms with Crippen LogP contribution < -0.4 is 0 Å². The maximum absolute atomic E-state index is 11.0. The van der Waals surface area contributed by atoms with Gasteiger partial charge >= 0.3 is 5.97 Å². The molecular formula is C11H18N2O2S. The standard InChI is InChI=1S/C11H18N2O2S/c1-4-13-6-5-12-9(13)7-16-10(8(2)3)11(14)15/h5-6,8,10H,4,7H2,1-3H3,(H,14,15). The van der Waals surface area contributed by atoms with E-state index in [1.807, 2.05) is 31.5 Å². The Bertz CT molecular complexity index is 350. The van der Waals surface area contributed by atoms with Crippen LogP contribution in [0.1, 0.15) is 26.6 Å². The maximum atomic E-state index is 11.0. The molecule has 0 aliphatic rings. The van der Waals surface area contributed by atoms with Crippen LogP contribution in [0.3, 0.4) is 0 Å². The molecule has 1 heterocycles. The van der Waals surface area contributed by atoms with Crippen molar-refractivity contribution < 1.29 is 9.90 Å². The van der Waals surface area contributed by atoms with E-state index in [-0.39, 0.29) is 11.2 Å². The van der Waals surface area contributed by atoms with Gasteiger partial charge in [-0.2, -0.15) is 0 Å². The number of carbonyl (C=O) groups is 1. The van der Waals surface area contributed by atoms with Crippen LogP contribution >= 0.6 is 11.8 Å². The summed E-state index contributed by atoms with van der Waals surface area (Å²) in [6.45, 7) is 6.78. The molecular weight excluding hydrogens is 224 g/mol. The first kappa shape index (κ1) is 13.1. The topological polar surface area (TPSA) is 55.1 Å². The predicted molar refractivity (Wildman–Crippen MR) is 65.5 cm³/mol. The van der Waals surface area contributed by atoms with Crippen LogP contribution in [0, 0.1) is 5.92 Å². The minimum Gasteiger partial charge on any atom is -0.480 e. The van der Waals surface area contributed by atoms with Gasteiger partial charge in [0.15, 0.2) is 0 Å². The highest BCUT2D eigenvalue weighted by atomic mass is 32.2. The molecule has 1 unspecified atom stereocenters. The van der Waals surface area contributed by atoms with Crippen LogP contribution in [0.4, 0.5) is 0 Å². The normalized spacial score (nSPS) is 13.0. The van der Waals surface area contributed by atoms with Gasteiger partial charge < -0.3 is 9.67 Å². The minimum atomic E-state index is -0.741. The van der Waals surface area contributed by atoms with E-state index in [2.05, 4.69) is 4.98 Å². The molecule has 0 bridgehead atoms. The monoisotopic (exact) mass is 242 g/mol. The Balaban J connectivity index is 2.59. The maximum Gasteiger partial charge on any atom is 0.316 e. The van der Waals surface area contributed by atoms with E-state index < -0.39 is 5.97 Å². The van der Waals surface area contributed by atoms with Crippen molar-refractivity contribution in [2.45, 2.75) is 38.3 Å². The predicted octanol–water partition coefficient (Wildman–Crippen LogP) is 2.25. The number of nitrogens with zero attached hydrogens (tertiary/aromatic N) is 2. The molecule has 5 heteroatoms. The van der Waals surface area contributed by atoms with Gasteiger partial charge in [-0.1, -0.05) is 13.8 Å². The molecule has 1 atom stereocenters. The van der Waals surface area contributed by atoms with Crippen molar-refractivity contribution in [1.82, 2.24) is 9.55 Å². The third kappa shape index (κ3) is 3.27. The number of aryl methyl sites for hydroxylation is 1. The van der Waals surface area contributed by atoms with E-state index in [4.69, 9.17) is 5.11 Å². The van der Waals surface area contributed by atoms with Crippen LogP contribution in [0.5, 0.6) is 0 Å². The van der Waals surface area contributed by atoms with Crippen molar-refractivity contribution in [1.29, 1.82) is 0 Å². The van der Waals surface area contributed by atoms with Gasteiger partial charge in [0.1, 0.15) is 11.1 Å². The summed E-state index contributed by atoms with van der Waals surface area (Å²) in [5.74, 6) is 0.984. The number of rotatable bonds is 6. The van der Waals surface area contributed by atoms with Crippen LogP contribution in [0.15, 0.2) is 12.4 Å². The van der Waals surface area contributed by atoms with E-state index >= 15 is 0 Å². The van der Waals surface area contributed by atoms with Gasteiger partial charge in [-0.05, 0) is 12.8 Å². The first-order chi connectivity index (χ1) is 7.56. The van der Waals surface area contributed by atoms with Crippen molar-refractivity contribution in [3.8, 4) is 0 Å². The summed E-state index contributed by atoms with van der Waals surface area (Å²) < 4.78 is 2.03. The lowest BCUT2D eigenvalue weighted by molar-refractivity contribution is -0.137. The lowest BCUT2D eigenvalue weighted by atomic mass is 10.1. The van der Waals surface area contributed by atoms with Crippen LogP contribution in [-0.2, 0) is 17.1 Å². The lowest BCUT2D eigenvalue weighted by Gasteiger charge is -2.15. The van der Waals surface area contributed by atoms with Crippen LogP contribution in [0.2, 0.25) is 0 Å². The summed E-state index contributed by atoms with van der Waals surface area (Å²) in [5.41, 5.74) is 0. The Morgan fingerprint density at radius 3 is 2.81 bits per heavy atom. The molecule has 1 aromatic heterocycles. The molecule has 4 nitrogen and oxygen atoms in total. The van der Waals surface area contributed by atoms with Crippen molar-refractivity contribution in [3.05, 3.63) is 18.2 Å². The quantitative estimate of drug-likeness (QED) is 0.831. The Morgan fingerprint density at radius 2 is 2.31 bits per heavy atom. The highest BCUT2D eigenvalue weighted by Gasteiger charge is 2.22. The molecule has 0 saturated carbocycles. The van der Waals surface area contributed by atoms with Crippen molar-refractivity contribution in [2.75, 3.05) is 0 Å². The van der Waals surface area contributed by atoms with Crippen molar-refractivity contribution in [3.63, 3.8) is 0 Å². The highest BCUT2D eigenvalue weighted by Crippen LogP contribution is 2.23. The van der Waals surface area contributed by atoms with E-state index in [0.29, 0.717) is 5.75 Å². The number of hydrogen-bond acceptors (Lipinski definition) is 3. The van der Waals surface area contributed by atoms with Gasteiger partial charge in [-0.3, -0.25) is 4.79 Å². The first-order valence-electron chi connectivity index (χ1n) is 5.40. The number of hydrogen-bond donors (Lipinski definition) is 1. The van der Waals surface area contributed by atoms with E-state index in [1.165, 1.54) is 11.8 Å². The largest absolute Gasteiger partial charge is 0.480 e. The fourth-order valence-corrected chi connectivity index (χ4v) is 2.58. The number of imidazole rings is 1. The molecule has 0 aliphatic carbocycles. The number of aromatic nitrogens is 2. The second-order valence-electron chi connectivity index (χ2n) is 3.94. The summed E-state index contributed by atoms with van der Waals surface area (Å²) in [6, 6.07) is 0. The first-order valence-corrected chi connectivity index (χ1v) is 6.45. The average molecular weight is 242 g/mol. The van der Waals surface area contributed by atoms with Gasteiger partial charge in [0, 0.05) is 18.9 Å². The van der Waals surface area contributed by atoms with E-state index in [9.17, 15) is 4.79 Å². The lowest BCUT2D eigenvalue weighted by Crippen LogP contribution is -2.23. The third-order valence-electron chi connectivity index (χ3n) is 2.38. The Hall–Kier alpha value is -0.970. The Kier molecular flexibility index (Phi) is 4.86. The summed E-state index contributed by atoms with van der Waals surface area (Å²) in [4.78, 5) is 15.2. The second-order valence-corrected chi connectivity index (χ2v) is 5.07. The second kappa shape index (κ2) is 5.94. The van der Waals surface area contributed by atoms with Crippen molar-refractivity contribution >= 4 is 17.7 Å². The number of carboxylic acid groups (broad SMARTS) is 1. The SMILES string of the molecule is CCn1ccnc1CSC(C(=O)O)C(C)C. The summed E-state index contributed by atoms with van der Waals surface area (Å²) >= 11 is 1.44. The molecule has 0 aliphatic heterocycles. The van der Waals surface area contributed by atoms with Crippen molar-refractivity contribution in [2.24, 2.45) is 5.92 Å². The molecule has 1 aromatic rings. The fourth-order valence-electron chi connectivity index (χ4n) is 1.48. The number of aliphatic carboxylic acids is 1. The zero-order valence-electron chi connectivity index (χ0n) is 9.88. The molecule has 0 aromatic carbocycles. The van der Waals surface area contributed by atoms with Gasteiger partial charge in [0.2, 0.25) is 0 Å². The Morgan fingerprint density at radius 1 is 1.62 bits per heavy atom. The summed E-state index contributed by atoms with van der Waals surface area (Å²) in [5, 5.41) is 8.69. The highest BCUT2D eigenvalue weighted by molar-refractivity contribution is 7.99. The molecule has 0 amide bonds.